The number of nitrogens with zero attached hydrogens (tertiary/aromatic N) is 2. The lowest BCUT2D eigenvalue weighted by Crippen LogP contribution is -1.92. The lowest BCUT2D eigenvalue weighted by molar-refractivity contribution is 0.401. The molecule has 0 saturated heterocycles. The highest BCUT2D eigenvalue weighted by atomic mass is 32.1. The highest BCUT2D eigenvalue weighted by Crippen LogP contribution is 2.32. The average molecular weight is 242 g/mol. The summed E-state index contributed by atoms with van der Waals surface area (Å²) in [6, 6.07) is 10.1. The Kier molecular flexibility index (Phi) is 2.49. The summed E-state index contributed by atoms with van der Waals surface area (Å²) in [5.74, 6) is 0.624. The van der Waals surface area contributed by atoms with Crippen LogP contribution in [-0.2, 0) is 0 Å². The lowest BCUT2D eigenvalue weighted by atomic mass is 10.1. The minimum atomic E-state index is 0.624. The van der Waals surface area contributed by atoms with Crippen LogP contribution in [0.15, 0.2) is 41.9 Å². The topological polar surface area (TPSA) is 35.0 Å². The van der Waals surface area contributed by atoms with E-state index in [0.717, 1.165) is 21.5 Å². The Balaban J connectivity index is 2.29. The van der Waals surface area contributed by atoms with Crippen LogP contribution in [0.1, 0.15) is 0 Å². The summed E-state index contributed by atoms with van der Waals surface area (Å²) in [6.07, 6.45) is 1.79. The van der Waals surface area contributed by atoms with E-state index >= 15 is 0 Å². The van der Waals surface area contributed by atoms with Crippen molar-refractivity contribution in [2.24, 2.45) is 0 Å². The number of ether oxygens (including phenoxy) is 1. The molecule has 2 heterocycles. The summed E-state index contributed by atoms with van der Waals surface area (Å²) in [5.41, 5.74) is 1.88. The van der Waals surface area contributed by atoms with E-state index in [9.17, 15) is 0 Å². The molecule has 3 nitrogen and oxygen atoms in total. The fourth-order valence-electron chi connectivity index (χ4n) is 1.76. The molecule has 84 valence electrons. The second kappa shape index (κ2) is 4.14. The third kappa shape index (κ3) is 1.76. The molecule has 1 aromatic carbocycles. The largest absolute Gasteiger partial charge is 0.480 e. The number of para-hydroxylation sites is 1. The first-order valence-electron chi connectivity index (χ1n) is 5.22. The summed E-state index contributed by atoms with van der Waals surface area (Å²) in [4.78, 5) is 8.79. The zero-order valence-corrected chi connectivity index (χ0v) is 10.1. The average Bonchev–Trinajstić information content (AvgIpc) is 2.91. The number of hydrogen-bond acceptors (Lipinski definition) is 4. The minimum absolute atomic E-state index is 0.624. The van der Waals surface area contributed by atoms with E-state index in [1.165, 1.54) is 0 Å². The molecule has 4 heteroatoms. The van der Waals surface area contributed by atoms with Crippen molar-refractivity contribution in [1.29, 1.82) is 0 Å². The van der Waals surface area contributed by atoms with E-state index in [2.05, 4.69) is 16.0 Å². The zero-order chi connectivity index (χ0) is 11.7. The monoisotopic (exact) mass is 242 g/mol. The SMILES string of the molecule is COc1nc2ccccc2cc1-c1nccs1. The van der Waals surface area contributed by atoms with Crippen LogP contribution in [0.25, 0.3) is 21.5 Å². The van der Waals surface area contributed by atoms with Crippen molar-refractivity contribution < 1.29 is 4.74 Å². The molecule has 2 aromatic heterocycles. The molecule has 0 radical (unpaired) electrons. The second-order valence-electron chi connectivity index (χ2n) is 3.58. The van der Waals surface area contributed by atoms with Gasteiger partial charge in [-0.3, -0.25) is 0 Å². The Morgan fingerprint density at radius 3 is 2.88 bits per heavy atom. The van der Waals surface area contributed by atoms with Crippen molar-refractivity contribution in [1.82, 2.24) is 9.97 Å². The number of rotatable bonds is 2. The minimum Gasteiger partial charge on any atom is -0.480 e. The Hall–Kier alpha value is -1.94. The molecule has 0 atom stereocenters. The van der Waals surface area contributed by atoms with Crippen LogP contribution >= 0.6 is 11.3 Å². The van der Waals surface area contributed by atoms with Crippen LogP contribution in [0.2, 0.25) is 0 Å². The van der Waals surface area contributed by atoms with Crippen molar-refractivity contribution in [3.63, 3.8) is 0 Å². The van der Waals surface area contributed by atoms with Gasteiger partial charge in [-0.05, 0) is 12.1 Å². The van der Waals surface area contributed by atoms with Gasteiger partial charge in [-0.25, -0.2) is 9.97 Å². The maximum atomic E-state index is 5.33. The maximum absolute atomic E-state index is 5.33. The Bertz CT molecular complexity index is 650. The quantitative estimate of drug-likeness (QED) is 0.691. The molecule has 0 aliphatic heterocycles. The number of fused-ring (bicyclic) bond motifs is 1. The van der Waals surface area contributed by atoms with Gasteiger partial charge in [0.1, 0.15) is 5.01 Å². The Morgan fingerprint density at radius 1 is 1.24 bits per heavy atom. The van der Waals surface area contributed by atoms with E-state index in [4.69, 9.17) is 4.74 Å². The summed E-state index contributed by atoms with van der Waals surface area (Å²) < 4.78 is 5.33. The molecule has 0 aliphatic rings. The van der Waals surface area contributed by atoms with Gasteiger partial charge in [-0.2, -0.15) is 0 Å². The zero-order valence-electron chi connectivity index (χ0n) is 9.25. The van der Waals surface area contributed by atoms with Crippen molar-refractivity contribution in [2.75, 3.05) is 7.11 Å². The van der Waals surface area contributed by atoms with Crippen molar-refractivity contribution >= 4 is 22.2 Å². The van der Waals surface area contributed by atoms with Crippen LogP contribution in [0.4, 0.5) is 0 Å². The fourth-order valence-corrected chi connectivity index (χ4v) is 2.41. The smallest absolute Gasteiger partial charge is 0.224 e. The van der Waals surface area contributed by atoms with Gasteiger partial charge in [0.2, 0.25) is 5.88 Å². The highest BCUT2D eigenvalue weighted by molar-refractivity contribution is 7.13. The number of benzene rings is 1. The molecular formula is C13H10N2OS. The molecule has 17 heavy (non-hydrogen) atoms. The molecule has 0 unspecified atom stereocenters. The number of thiazole rings is 1. The maximum Gasteiger partial charge on any atom is 0.224 e. The van der Waals surface area contributed by atoms with Gasteiger partial charge in [-0.15, -0.1) is 11.3 Å². The third-order valence-corrected chi connectivity index (χ3v) is 3.35. The summed E-state index contributed by atoms with van der Waals surface area (Å²) in [5, 5.41) is 3.97. The molecule has 0 N–H and O–H groups in total. The summed E-state index contributed by atoms with van der Waals surface area (Å²) in [7, 11) is 1.63. The Morgan fingerprint density at radius 2 is 2.12 bits per heavy atom. The van der Waals surface area contributed by atoms with Gasteiger partial charge in [0.05, 0.1) is 18.2 Å². The van der Waals surface area contributed by atoms with Gasteiger partial charge >= 0.3 is 0 Å². The molecule has 3 aromatic rings. The van der Waals surface area contributed by atoms with E-state index in [0.29, 0.717) is 5.88 Å². The molecule has 3 rings (SSSR count). The molecule has 0 bridgehead atoms. The standard InChI is InChI=1S/C13H10N2OS/c1-16-12-10(13-14-6-7-17-13)8-9-4-2-3-5-11(9)15-12/h2-8H,1H3. The van der Waals surface area contributed by atoms with E-state index in [1.54, 1.807) is 24.6 Å². The third-order valence-electron chi connectivity index (χ3n) is 2.55. The van der Waals surface area contributed by atoms with Crippen LogP contribution in [0, 0.1) is 0 Å². The van der Waals surface area contributed by atoms with E-state index < -0.39 is 0 Å². The van der Waals surface area contributed by atoms with Gasteiger partial charge in [0.15, 0.2) is 0 Å². The molecular weight excluding hydrogens is 232 g/mol. The van der Waals surface area contributed by atoms with Crippen molar-refractivity contribution in [2.45, 2.75) is 0 Å². The first-order valence-corrected chi connectivity index (χ1v) is 6.10. The van der Waals surface area contributed by atoms with Crippen LogP contribution in [0.3, 0.4) is 0 Å². The summed E-state index contributed by atoms with van der Waals surface area (Å²) >= 11 is 1.58. The first-order chi connectivity index (χ1) is 8.38. The van der Waals surface area contributed by atoms with Gasteiger partial charge in [-0.1, -0.05) is 18.2 Å². The predicted octanol–water partition coefficient (Wildman–Crippen LogP) is 3.37. The van der Waals surface area contributed by atoms with Gasteiger partial charge in [0.25, 0.3) is 0 Å². The summed E-state index contributed by atoms with van der Waals surface area (Å²) in [6.45, 7) is 0. The van der Waals surface area contributed by atoms with Crippen molar-refractivity contribution in [3.8, 4) is 16.5 Å². The molecule has 0 amide bonds. The van der Waals surface area contributed by atoms with Crippen LogP contribution < -0.4 is 4.74 Å². The van der Waals surface area contributed by atoms with Gasteiger partial charge < -0.3 is 4.74 Å². The first kappa shape index (κ1) is 10.2. The molecule has 0 saturated carbocycles. The second-order valence-corrected chi connectivity index (χ2v) is 4.47. The van der Waals surface area contributed by atoms with Crippen molar-refractivity contribution in [3.05, 3.63) is 41.9 Å². The number of aromatic nitrogens is 2. The van der Waals surface area contributed by atoms with E-state index in [-0.39, 0.29) is 0 Å². The van der Waals surface area contributed by atoms with Gasteiger partial charge in [0, 0.05) is 17.0 Å². The highest BCUT2D eigenvalue weighted by Gasteiger charge is 2.11. The fraction of sp³-hybridized carbons (Fsp3) is 0.0769. The Labute approximate surface area is 103 Å². The van der Waals surface area contributed by atoms with Crippen LogP contribution in [0.5, 0.6) is 5.88 Å². The predicted molar refractivity (Wildman–Crippen MR) is 69.4 cm³/mol. The number of methoxy groups -OCH3 is 1. The van der Waals surface area contributed by atoms with E-state index in [1.807, 2.05) is 29.6 Å². The molecule has 0 aliphatic carbocycles. The number of pyridine rings is 1. The molecule has 0 spiro atoms. The number of hydrogen-bond donors (Lipinski definition) is 0. The molecule has 0 fully saturated rings. The normalized spacial score (nSPS) is 10.6. The van der Waals surface area contributed by atoms with Crippen LogP contribution in [-0.4, -0.2) is 17.1 Å². The lowest BCUT2D eigenvalue weighted by Gasteiger charge is -2.06.